The van der Waals surface area contributed by atoms with Gasteiger partial charge in [0.2, 0.25) is 0 Å². The number of fused-ring (bicyclic) bond motifs is 1. The Morgan fingerprint density at radius 2 is 1.76 bits per heavy atom. The molecule has 2 aromatic carbocycles. The van der Waals surface area contributed by atoms with Crippen molar-refractivity contribution in [3.05, 3.63) is 78.0 Å². The van der Waals surface area contributed by atoms with Gasteiger partial charge in [-0.25, -0.2) is 9.37 Å². The predicted molar refractivity (Wildman–Crippen MR) is 135 cm³/mol. The Balaban J connectivity index is 1.37. The topological polar surface area (TPSA) is 54.2 Å². The summed E-state index contributed by atoms with van der Waals surface area (Å²) in [6.45, 7) is 7.29. The minimum atomic E-state index is -0.255. The van der Waals surface area contributed by atoms with Crippen LogP contribution in [0, 0.1) is 0 Å². The van der Waals surface area contributed by atoms with Crippen LogP contribution in [0.3, 0.4) is 0 Å². The molecule has 1 aromatic heterocycles. The number of hydrogen-bond donors (Lipinski definition) is 2. The summed E-state index contributed by atoms with van der Waals surface area (Å²) in [7, 11) is 0. The second-order valence-electron chi connectivity index (χ2n) is 9.11. The van der Waals surface area contributed by atoms with E-state index in [1.165, 1.54) is 16.7 Å². The molecule has 1 fully saturated rings. The van der Waals surface area contributed by atoms with E-state index in [1.54, 1.807) is 0 Å². The Morgan fingerprint density at radius 1 is 1.00 bits per heavy atom. The number of anilines is 1. The number of hydrogen-bond acceptors (Lipinski definition) is 4. The molecular formula is C28H31FN4. The maximum Gasteiger partial charge on any atom is 0.131 e. The second kappa shape index (κ2) is 9.36. The molecule has 5 rings (SSSR count). The van der Waals surface area contributed by atoms with Crippen LogP contribution in [-0.4, -0.2) is 42.7 Å². The number of rotatable bonds is 5. The molecule has 2 aliphatic heterocycles. The van der Waals surface area contributed by atoms with Gasteiger partial charge in [0.05, 0.1) is 0 Å². The number of piperidine rings is 1. The van der Waals surface area contributed by atoms with Crippen LogP contribution in [0.4, 0.5) is 10.2 Å². The zero-order valence-electron chi connectivity index (χ0n) is 19.0. The van der Waals surface area contributed by atoms with E-state index in [2.05, 4.69) is 70.3 Å². The first-order valence-electron chi connectivity index (χ1n) is 11.8. The third-order valence-corrected chi connectivity index (χ3v) is 7.10. The number of benzene rings is 2. The molecule has 0 saturated carbocycles. The Hall–Kier alpha value is -3.18. The number of alkyl halides is 1. The molecule has 0 aliphatic carbocycles. The van der Waals surface area contributed by atoms with E-state index in [1.807, 2.05) is 6.20 Å². The highest BCUT2D eigenvalue weighted by Crippen LogP contribution is 2.34. The summed E-state index contributed by atoms with van der Waals surface area (Å²) in [4.78, 5) is 6.73. The molecule has 4 nitrogen and oxygen atoms in total. The van der Waals surface area contributed by atoms with Crippen molar-refractivity contribution in [1.82, 2.24) is 15.2 Å². The van der Waals surface area contributed by atoms with Gasteiger partial charge in [-0.05, 0) is 66.6 Å². The highest BCUT2D eigenvalue weighted by Gasteiger charge is 2.20. The van der Waals surface area contributed by atoms with Gasteiger partial charge in [0, 0.05) is 41.7 Å². The summed E-state index contributed by atoms with van der Waals surface area (Å²) >= 11 is 0. The van der Waals surface area contributed by atoms with Crippen LogP contribution in [0.15, 0.2) is 61.3 Å². The van der Waals surface area contributed by atoms with Crippen molar-refractivity contribution >= 4 is 11.5 Å². The first-order valence-corrected chi connectivity index (χ1v) is 11.8. The van der Waals surface area contributed by atoms with E-state index >= 15 is 0 Å². The van der Waals surface area contributed by atoms with E-state index < -0.39 is 0 Å². The fourth-order valence-electron chi connectivity index (χ4n) is 5.13. The Bertz CT molecular complexity index is 1150. The molecule has 3 heterocycles. The highest BCUT2D eigenvalue weighted by molar-refractivity contribution is 5.81. The van der Waals surface area contributed by atoms with Gasteiger partial charge in [-0.15, -0.1) is 0 Å². The highest BCUT2D eigenvalue weighted by atomic mass is 19.1. The molecule has 33 heavy (non-hydrogen) atoms. The summed E-state index contributed by atoms with van der Waals surface area (Å²) in [5, 5.41) is 3.33. The molecule has 5 heteroatoms. The lowest BCUT2D eigenvalue weighted by Crippen LogP contribution is -2.34. The fourth-order valence-corrected chi connectivity index (χ4v) is 5.13. The molecule has 0 unspecified atom stereocenters. The summed E-state index contributed by atoms with van der Waals surface area (Å²) in [6, 6.07) is 17.4. The van der Waals surface area contributed by atoms with Gasteiger partial charge in [0.25, 0.3) is 0 Å². The van der Waals surface area contributed by atoms with E-state index in [0.29, 0.717) is 18.3 Å². The van der Waals surface area contributed by atoms with Gasteiger partial charge in [0.1, 0.15) is 12.5 Å². The standard InChI is InChI=1S/C28H31FN4/c1-19-26-7-6-23(16-24(26)8-12-31-19)27-17-25(18-32-28(27)30)21-4-2-20(3-5-21)22-9-13-33(14-10-22)15-11-29/h2-7,16-18,22,31H,1,8-15H2,(H2,30,32). The zero-order valence-corrected chi connectivity index (χ0v) is 19.0. The van der Waals surface area contributed by atoms with Gasteiger partial charge in [-0.1, -0.05) is 49.0 Å². The van der Waals surface area contributed by atoms with Crippen LogP contribution in [0.2, 0.25) is 0 Å². The summed E-state index contributed by atoms with van der Waals surface area (Å²) < 4.78 is 12.6. The third kappa shape index (κ3) is 4.51. The fraction of sp³-hybridized carbons (Fsp3) is 0.321. The van der Waals surface area contributed by atoms with Gasteiger partial charge >= 0.3 is 0 Å². The van der Waals surface area contributed by atoms with Crippen molar-refractivity contribution < 1.29 is 4.39 Å². The minimum Gasteiger partial charge on any atom is -0.385 e. The number of nitrogens with zero attached hydrogens (tertiary/aromatic N) is 2. The molecular weight excluding hydrogens is 411 g/mol. The molecule has 0 amide bonds. The molecule has 0 radical (unpaired) electrons. The third-order valence-electron chi connectivity index (χ3n) is 7.10. The Morgan fingerprint density at radius 3 is 2.52 bits per heavy atom. The summed E-state index contributed by atoms with van der Waals surface area (Å²) in [5.41, 5.74) is 15.4. The SMILES string of the molecule is C=C1NCCc2cc(-c3cc(-c4ccc(C5CCN(CCF)CC5)cc4)cnc3N)ccc21. The van der Waals surface area contributed by atoms with E-state index in [-0.39, 0.29) is 6.67 Å². The maximum absolute atomic E-state index is 12.6. The van der Waals surface area contributed by atoms with Crippen LogP contribution in [0.5, 0.6) is 0 Å². The smallest absolute Gasteiger partial charge is 0.131 e. The number of halogens is 1. The Kier molecular flexibility index (Phi) is 6.14. The van der Waals surface area contributed by atoms with Crippen LogP contribution in [-0.2, 0) is 6.42 Å². The lowest BCUT2D eigenvalue weighted by atomic mass is 9.88. The minimum absolute atomic E-state index is 0.255. The van der Waals surface area contributed by atoms with Crippen molar-refractivity contribution in [2.24, 2.45) is 0 Å². The van der Waals surface area contributed by atoms with E-state index in [0.717, 1.165) is 66.8 Å². The molecule has 0 bridgehead atoms. The summed E-state index contributed by atoms with van der Waals surface area (Å²) in [6.07, 6.45) is 5.01. The van der Waals surface area contributed by atoms with Crippen LogP contribution < -0.4 is 11.1 Å². The predicted octanol–water partition coefficient (Wildman–Crippen LogP) is 5.26. The number of nitrogen functional groups attached to an aromatic ring is 1. The van der Waals surface area contributed by atoms with E-state index in [9.17, 15) is 4.39 Å². The van der Waals surface area contributed by atoms with Crippen LogP contribution >= 0.6 is 0 Å². The first kappa shape index (κ1) is 21.7. The first-order chi connectivity index (χ1) is 16.1. The number of likely N-dealkylation sites (tertiary alicyclic amines) is 1. The average molecular weight is 443 g/mol. The second-order valence-corrected chi connectivity index (χ2v) is 9.11. The number of pyridine rings is 1. The van der Waals surface area contributed by atoms with Gasteiger partial charge < -0.3 is 16.0 Å². The summed E-state index contributed by atoms with van der Waals surface area (Å²) in [5.74, 6) is 1.10. The quantitative estimate of drug-likeness (QED) is 0.566. The number of aromatic nitrogens is 1. The zero-order chi connectivity index (χ0) is 22.8. The average Bonchev–Trinajstić information content (AvgIpc) is 2.85. The molecule has 3 aromatic rings. The lowest BCUT2D eigenvalue weighted by Gasteiger charge is -2.31. The van der Waals surface area contributed by atoms with E-state index in [4.69, 9.17) is 5.73 Å². The lowest BCUT2D eigenvalue weighted by molar-refractivity contribution is 0.197. The molecule has 170 valence electrons. The molecule has 0 spiro atoms. The van der Waals surface area contributed by atoms with Crippen molar-refractivity contribution in [3.63, 3.8) is 0 Å². The Labute approximate surface area is 195 Å². The number of nitrogens with two attached hydrogens (primary N) is 1. The van der Waals surface area contributed by atoms with Gasteiger partial charge in [-0.3, -0.25) is 0 Å². The molecule has 0 atom stereocenters. The van der Waals surface area contributed by atoms with Gasteiger partial charge in [0.15, 0.2) is 0 Å². The van der Waals surface area contributed by atoms with Crippen molar-refractivity contribution in [3.8, 4) is 22.3 Å². The van der Waals surface area contributed by atoms with Crippen molar-refractivity contribution in [2.45, 2.75) is 25.2 Å². The number of nitrogens with one attached hydrogen (secondary N) is 1. The monoisotopic (exact) mass is 442 g/mol. The maximum atomic E-state index is 12.6. The van der Waals surface area contributed by atoms with Crippen molar-refractivity contribution in [1.29, 1.82) is 0 Å². The van der Waals surface area contributed by atoms with Crippen LogP contribution in [0.1, 0.15) is 35.4 Å². The molecule has 1 saturated heterocycles. The largest absolute Gasteiger partial charge is 0.385 e. The van der Waals surface area contributed by atoms with Crippen LogP contribution in [0.25, 0.3) is 28.0 Å². The molecule has 2 aliphatic rings. The normalized spacial score (nSPS) is 16.9. The molecule has 3 N–H and O–H groups in total. The van der Waals surface area contributed by atoms with Crippen molar-refractivity contribution in [2.75, 3.05) is 38.6 Å². The van der Waals surface area contributed by atoms with Gasteiger partial charge in [-0.2, -0.15) is 0 Å².